The average molecular weight is 175 g/mol. The first kappa shape index (κ1) is 8.26. The van der Waals surface area contributed by atoms with Crippen molar-refractivity contribution in [1.82, 2.24) is 9.55 Å². The summed E-state index contributed by atoms with van der Waals surface area (Å²) in [5.41, 5.74) is 8.96. The molecule has 2 N–H and O–H groups in total. The highest BCUT2D eigenvalue weighted by Gasteiger charge is 1.99. The van der Waals surface area contributed by atoms with Gasteiger partial charge < -0.3 is 10.3 Å². The third-order valence-corrected chi connectivity index (χ3v) is 2.22. The van der Waals surface area contributed by atoms with Gasteiger partial charge >= 0.3 is 0 Å². The number of aryl methyl sites for hydroxylation is 1. The van der Waals surface area contributed by atoms with E-state index in [4.69, 9.17) is 5.73 Å². The van der Waals surface area contributed by atoms with Crippen LogP contribution in [0, 0.1) is 0 Å². The molecule has 3 heteroatoms. The molecule has 0 saturated carbocycles. The standard InChI is InChI=1S/C10H13N3/c1-13-7-12-9-6-8(4-5-11)2-3-10(9)13/h2-3,6-7H,4-5,11H2,1H3. The molecule has 2 rings (SSSR count). The van der Waals surface area contributed by atoms with Crippen LogP contribution in [0.3, 0.4) is 0 Å². The number of nitrogens with two attached hydrogens (primary N) is 1. The number of imidazole rings is 1. The minimum atomic E-state index is 0.693. The molecule has 2 aromatic rings. The van der Waals surface area contributed by atoms with Gasteiger partial charge in [-0.2, -0.15) is 0 Å². The van der Waals surface area contributed by atoms with Gasteiger partial charge in [0, 0.05) is 7.05 Å². The smallest absolute Gasteiger partial charge is 0.0955 e. The lowest BCUT2D eigenvalue weighted by Crippen LogP contribution is -2.02. The zero-order valence-electron chi connectivity index (χ0n) is 7.70. The molecule has 0 bridgehead atoms. The molecule has 0 aliphatic heterocycles. The zero-order valence-corrected chi connectivity index (χ0v) is 7.70. The number of benzene rings is 1. The van der Waals surface area contributed by atoms with Crippen LogP contribution in [0.1, 0.15) is 5.56 Å². The minimum Gasteiger partial charge on any atom is -0.334 e. The lowest BCUT2D eigenvalue weighted by atomic mass is 10.1. The van der Waals surface area contributed by atoms with Crippen molar-refractivity contribution in [2.45, 2.75) is 6.42 Å². The molecule has 0 saturated heterocycles. The Morgan fingerprint density at radius 1 is 1.46 bits per heavy atom. The number of nitrogens with zero attached hydrogens (tertiary/aromatic N) is 2. The van der Waals surface area contributed by atoms with E-state index in [9.17, 15) is 0 Å². The summed E-state index contributed by atoms with van der Waals surface area (Å²) in [4.78, 5) is 4.28. The Bertz CT molecular complexity index is 417. The van der Waals surface area contributed by atoms with Crippen molar-refractivity contribution < 1.29 is 0 Å². The third kappa shape index (κ3) is 1.42. The maximum absolute atomic E-state index is 5.48. The van der Waals surface area contributed by atoms with Crippen LogP contribution in [0.2, 0.25) is 0 Å². The van der Waals surface area contributed by atoms with Gasteiger partial charge in [0.2, 0.25) is 0 Å². The Kier molecular flexibility index (Phi) is 2.02. The van der Waals surface area contributed by atoms with Crippen LogP contribution < -0.4 is 5.73 Å². The highest BCUT2D eigenvalue weighted by Crippen LogP contribution is 2.13. The molecule has 0 aliphatic carbocycles. The van der Waals surface area contributed by atoms with E-state index in [0.717, 1.165) is 11.9 Å². The molecule has 0 fully saturated rings. The number of hydrogen-bond acceptors (Lipinski definition) is 2. The molecule has 0 spiro atoms. The van der Waals surface area contributed by atoms with E-state index in [2.05, 4.69) is 23.2 Å². The van der Waals surface area contributed by atoms with Crippen LogP contribution in [0.4, 0.5) is 0 Å². The monoisotopic (exact) mass is 175 g/mol. The van der Waals surface area contributed by atoms with Crippen molar-refractivity contribution in [3.8, 4) is 0 Å². The van der Waals surface area contributed by atoms with Crippen LogP contribution in [0.25, 0.3) is 11.0 Å². The quantitative estimate of drug-likeness (QED) is 0.742. The van der Waals surface area contributed by atoms with Gasteiger partial charge in [-0.3, -0.25) is 0 Å². The molecule has 3 nitrogen and oxygen atoms in total. The molecule has 1 aromatic heterocycles. The Balaban J connectivity index is 2.50. The summed E-state index contributed by atoms with van der Waals surface area (Å²) in [5.74, 6) is 0. The van der Waals surface area contributed by atoms with Crippen LogP contribution in [-0.2, 0) is 13.5 Å². The van der Waals surface area contributed by atoms with E-state index >= 15 is 0 Å². The molecule has 0 unspecified atom stereocenters. The zero-order chi connectivity index (χ0) is 9.26. The second-order valence-electron chi connectivity index (χ2n) is 3.22. The van der Waals surface area contributed by atoms with Gasteiger partial charge in [-0.1, -0.05) is 6.07 Å². The predicted octanol–water partition coefficient (Wildman–Crippen LogP) is 1.07. The first-order valence-electron chi connectivity index (χ1n) is 4.41. The van der Waals surface area contributed by atoms with Crippen molar-refractivity contribution in [1.29, 1.82) is 0 Å². The summed E-state index contributed by atoms with van der Waals surface area (Å²) >= 11 is 0. The van der Waals surface area contributed by atoms with Crippen molar-refractivity contribution in [3.05, 3.63) is 30.1 Å². The fourth-order valence-electron chi connectivity index (χ4n) is 1.50. The summed E-state index contributed by atoms with van der Waals surface area (Å²) in [6.07, 6.45) is 2.75. The predicted molar refractivity (Wildman–Crippen MR) is 53.5 cm³/mol. The van der Waals surface area contributed by atoms with Gasteiger partial charge in [0.05, 0.1) is 17.4 Å². The molecule has 0 radical (unpaired) electrons. The lowest BCUT2D eigenvalue weighted by Gasteiger charge is -1.98. The molecular formula is C10H13N3. The number of rotatable bonds is 2. The second kappa shape index (κ2) is 3.18. The van der Waals surface area contributed by atoms with E-state index in [1.54, 1.807) is 0 Å². The largest absolute Gasteiger partial charge is 0.334 e. The molecule has 0 amide bonds. The molecular weight excluding hydrogens is 162 g/mol. The number of aromatic nitrogens is 2. The van der Waals surface area contributed by atoms with Gasteiger partial charge in [-0.25, -0.2) is 4.98 Å². The van der Waals surface area contributed by atoms with Gasteiger partial charge in [0.1, 0.15) is 0 Å². The molecule has 1 aromatic carbocycles. The first-order valence-corrected chi connectivity index (χ1v) is 4.41. The van der Waals surface area contributed by atoms with Crippen LogP contribution >= 0.6 is 0 Å². The average Bonchev–Trinajstić information content (AvgIpc) is 2.48. The van der Waals surface area contributed by atoms with Gasteiger partial charge in [-0.05, 0) is 30.7 Å². The van der Waals surface area contributed by atoms with Gasteiger partial charge in [0.25, 0.3) is 0 Å². The normalized spacial score (nSPS) is 10.9. The van der Waals surface area contributed by atoms with Crippen LogP contribution in [0.5, 0.6) is 0 Å². The van der Waals surface area contributed by atoms with Gasteiger partial charge in [-0.15, -0.1) is 0 Å². The topological polar surface area (TPSA) is 43.8 Å². The summed E-state index contributed by atoms with van der Waals surface area (Å²) in [6.45, 7) is 0.693. The Labute approximate surface area is 77.2 Å². The molecule has 1 heterocycles. The molecule has 0 atom stereocenters. The van der Waals surface area contributed by atoms with Crippen molar-refractivity contribution in [2.24, 2.45) is 12.8 Å². The van der Waals surface area contributed by atoms with Crippen molar-refractivity contribution in [3.63, 3.8) is 0 Å². The summed E-state index contributed by atoms with van der Waals surface area (Å²) < 4.78 is 2.02. The van der Waals surface area contributed by atoms with Crippen LogP contribution in [0.15, 0.2) is 24.5 Å². The van der Waals surface area contributed by atoms with Gasteiger partial charge in [0.15, 0.2) is 0 Å². The van der Waals surface area contributed by atoms with E-state index < -0.39 is 0 Å². The third-order valence-electron chi connectivity index (χ3n) is 2.22. The maximum atomic E-state index is 5.48. The lowest BCUT2D eigenvalue weighted by molar-refractivity contribution is 0.946. The number of fused-ring (bicyclic) bond motifs is 1. The highest BCUT2D eigenvalue weighted by molar-refractivity contribution is 5.75. The molecule has 68 valence electrons. The highest BCUT2D eigenvalue weighted by atomic mass is 15.0. The second-order valence-corrected chi connectivity index (χ2v) is 3.22. The van der Waals surface area contributed by atoms with E-state index in [1.165, 1.54) is 11.1 Å². The number of hydrogen-bond donors (Lipinski definition) is 1. The van der Waals surface area contributed by atoms with E-state index in [1.807, 2.05) is 17.9 Å². The first-order chi connectivity index (χ1) is 6.31. The fourth-order valence-corrected chi connectivity index (χ4v) is 1.50. The Morgan fingerprint density at radius 3 is 3.08 bits per heavy atom. The Hall–Kier alpha value is -1.35. The van der Waals surface area contributed by atoms with Crippen LogP contribution in [-0.4, -0.2) is 16.1 Å². The summed E-state index contributed by atoms with van der Waals surface area (Å²) in [5, 5.41) is 0. The molecule has 0 aliphatic rings. The summed E-state index contributed by atoms with van der Waals surface area (Å²) in [6, 6.07) is 6.30. The van der Waals surface area contributed by atoms with Crippen molar-refractivity contribution in [2.75, 3.05) is 6.54 Å². The van der Waals surface area contributed by atoms with E-state index in [-0.39, 0.29) is 0 Å². The maximum Gasteiger partial charge on any atom is 0.0955 e. The van der Waals surface area contributed by atoms with E-state index in [0.29, 0.717) is 6.54 Å². The minimum absolute atomic E-state index is 0.693. The Morgan fingerprint density at radius 2 is 2.31 bits per heavy atom. The fraction of sp³-hybridized carbons (Fsp3) is 0.300. The summed E-state index contributed by atoms with van der Waals surface area (Å²) in [7, 11) is 2.00. The van der Waals surface area contributed by atoms with Crippen molar-refractivity contribution >= 4 is 11.0 Å². The SMILES string of the molecule is Cn1cnc2cc(CCN)ccc21. The molecule has 13 heavy (non-hydrogen) atoms.